The van der Waals surface area contributed by atoms with Gasteiger partial charge in [0, 0.05) is 25.2 Å². The number of hydrogen-bond donors (Lipinski definition) is 1. The maximum atomic E-state index is 6.25. The third-order valence-electron chi connectivity index (χ3n) is 5.13. The van der Waals surface area contributed by atoms with Gasteiger partial charge in [-0.25, -0.2) is 0 Å². The van der Waals surface area contributed by atoms with Gasteiger partial charge in [-0.3, -0.25) is 4.90 Å². The van der Waals surface area contributed by atoms with Gasteiger partial charge in [-0.15, -0.1) is 0 Å². The van der Waals surface area contributed by atoms with Crippen LogP contribution in [0.2, 0.25) is 0 Å². The van der Waals surface area contributed by atoms with Crippen molar-refractivity contribution >= 4 is 0 Å². The number of fused-ring (bicyclic) bond motifs is 1. The molecule has 1 heterocycles. The van der Waals surface area contributed by atoms with Gasteiger partial charge < -0.3 is 5.73 Å². The lowest BCUT2D eigenvalue weighted by atomic mass is 9.83. The van der Waals surface area contributed by atoms with Crippen molar-refractivity contribution < 1.29 is 0 Å². The normalized spacial score (nSPS) is 32.0. The van der Waals surface area contributed by atoms with Crippen molar-refractivity contribution in [2.45, 2.75) is 51.1 Å². The fourth-order valence-electron chi connectivity index (χ4n) is 3.90. The van der Waals surface area contributed by atoms with Crippen LogP contribution >= 0.6 is 0 Å². The van der Waals surface area contributed by atoms with Crippen LogP contribution in [0.4, 0.5) is 0 Å². The van der Waals surface area contributed by atoms with Crippen LogP contribution in [0.3, 0.4) is 0 Å². The van der Waals surface area contributed by atoms with Crippen LogP contribution in [0.15, 0.2) is 24.3 Å². The molecule has 0 aromatic heterocycles. The third-order valence-corrected chi connectivity index (χ3v) is 5.13. The van der Waals surface area contributed by atoms with Crippen LogP contribution in [-0.4, -0.2) is 24.0 Å². The molecule has 0 saturated carbocycles. The van der Waals surface area contributed by atoms with Crippen molar-refractivity contribution in [2.75, 3.05) is 13.1 Å². The number of rotatable bonds is 2. The minimum Gasteiger partial charge on any atom is -0.327 e. The Bertz CT molecular complexity index is 429. The Labute approximate surface area is 117 Å². The van der Waals surface area contributed by atoms with E-state index in [2.05, 4.69) is 36.1 Å². The van der Waals surface area contributed by atoms with E-state index in [-0.39, 0.29) is 0 Å². The summed E-state index contributed by atoms with van der Waals surface area (Å²) >= 11 is 0. The molecule has 3 unspecified atom stereocenters. The number of hydrogen-bond acceptors (Lipinski definition) is 2. The summed E-state index contributed by atoms with van der Waals surface area (Å²) in [5.41, 5.74) is 9.40. The van der Waals surface area contributed by atoms with E-state index in [1.807, 2.05) is 0 Å². The van der Waals surface area contributed by atoms with Crippen molar-refractivity contribution in [3.63, 3.8) is 0 Å². The molecule has 1 aliphatic carbocycles. The predicted octanol–water partition coefficient (Wildman–Crippen LogP) is 3.12. The summed E-state index contributed by atoms with van der Waals surface area (Å²) < 4.78 is 0. The van der Waals surface area contributed by atoms with E-state index in [1.165, 1.54) is 38.8 Å². The van der Waals surface area contributed by atoms with Crippen LogP contribution in [0, 0.1) is 5.92 Å². The molecule has 1 aromatic rings. The van der Waals surface area contributed by atoms with Crippen LogP contribution in [0.5, 0.6) is 0 Å². The van der Waals surface area contributed by atoms with Crippen molar-refractivity contribution in [3.8, 4) is 0 Å². The van der Waals surface area contributed by atoms with Crippen LogP contribution < -0.4 is 5.73 Å². The number of aryl methyl sites for hydroxylation is 1. The Hall–Kier alpha value is -0.860. The quantitative estimate of drug-likeness (QED) is 0.883. The molecule has 2 N–H and O–H groups in total. The molecule has 1 aromatic carbocycles. The molecule has 19 heavy (non-hydrogen) atoms. The number of likely N-dealkylation sites (tertiary alicyclic amines) is 1. The molecule has 0 amide bonds. The third kappa shape index (κ3) is 2.56. The molecule has 104 valence electrons. The second-order valence-corrected chi connectivity index (χ2v) is 6.22. The maximum Gasteiger partial charge on any atom is 0.0351 e. The lowest BCUT2D eigenvalue weighted by molar-refractivity contribution is 0.0966. The van der Waals surface area contributed by atoms with E-state index in [0.29, 0.717) is 18.0 Å². The Kier molecular flexibility index (Phi) is 3.90. The average Bonchev–Trinajstić information content (AvgIpc) is 2.47. The highest BCUT2D eigenvalue weighted by Gasteiger charge is 2.32. The first-order valence-electron chi connectivity index (χ1n) is 7.87. The second kappa shape index (κ2) is 5.64. The number of piperidine rings is 1. The molecule has 1 saturated heterocycles. The molecule has 0 bridgehead atoms. The first kappa shape index (κ1) is 13.1. The van der Waals surface area contributed by atoms with Gasteiger partial charge in [-0.1, -0.05) is 37.6 Å². The Morgan fingerprint density at radius 3 is 2.95 bits per heavy atom. The average molecular weight is 258 g/mol. The highest BCUT2D eigenvalue weighted by atomic mass is 15.2. The number of nitrogens with two attached hydrogens (primary N) is 1. The fraction of sp³-hybridized carbons (Fsp3) is 0.647. The maximum absolute atomic E-state index is 6.25. The van der Waals surface area contributed by atoms with Gasteiger partial charge in [-0.05, 0) is 42.7 Å². The molecule has 3 atom stereocenters. The highest BCUT2D eigenvalue weighted by Crippen LogP contribution is 2.36. The van der Waals surface area contributed by atoms with Gasteiger partial charge in [0.2, 0.25) is 0 Å². The summed E-state index contributed by atoms with van der Waals surface area (Å²) in [7, 11) is 0. The molecule has 0 radical (unpaired) electrons. The summed E-state index contributed by atoms with van der Waals surface area (Å²) in [6.07, 6.45) is 6.30. The van der Waals surface area contributed by atoms with Crippen LogP contribution in [-0.2, 0) is 6.42 Å². The standard InChI is InChI=1S/C17H26N2/c1-2-13-12-19(11-10-16(13)18)17-9-5-7-14-6-3-4-8-15(14)17/h3-4,6,8,13,16-17H,2,5,7,9-12,18H2,1H3. The first-order valence-corrected chi connectivity index (χ1v) is 7.87. The fourth-order valence-corrected chi connectivity index (χ4v) is 3.90. The smallest absolute Gasteiger partial charge is 0.0351 e. The Balaban J connectivity index is 1.80. The SMILES string of the molecule is CCC1CN(C2CCCc3ccccc32)CCC1N. The van der Waals surface area contributed by atoms with E-state index >= 15 is 0 Å². The van der Waals surface area contributed by atoms with E-state index < -0.39 is 0 Å². The van der Waals surface area contributed by atoms with E-state index in [0.717, 1.165) is 6.42 Å². The van der Waals surface area contributed by atoms with Crippen molar-refractivity contribution in [1.29, 1.82) is 0 Å². The Morgan fingerprint density at radius 2 is 2.11 bits per heavy atom. The predicted molar refractivity (Wildman–Crippen MR) is 80.1 cm³/mol. The lowest BCUT2D eigenvalue weighted by Crippen LogP contribution is -2.48. The topological polar surface area (TPSA) is 29.3 Å². The monoisotopic (exact) mass is 258 g/mol. The zero-order valence-corrected chi connectivity index (χ0v) is 12.0. The van der Waals surface area contributed by atoms with Crippen LogP contribution in [0.1, 0.15) is 49.8 Å². The van der Waals surface area contributed by atoms with Crippen molar-refractivity contribution in [3.05, 3.63) is 35.4 Å². The summed E-state index contributed by atoms with van der Waals surface area (Å²) in [6, 6.07) is 10.1. The van der Waals surface area contributed by atoms with Crippen molar-refractivity contribution in [1.82, 2.24) is 4.90 Å². The van der Waals surface area contributed by atoms with Crippen LogP contribution in [0.25, 0.3) is 0 Å². The zero-order valence-electron chi connectivity index (χ0n) is 12.0. The number of nitrogens with zero attached hydrogens (tertiary/aromatic N) is 1. The van der Waals surface area contributed by atoms with Gasteiger partial charge in [0.1, 0.15) is 0 Å². The van der Waals surface area contributed by atoms with Gasteiger partial charge in [0.25, 0.3) is 0 Å². The molecule has 1 fully saturated rings. The lowest BCUT2D eigenvalue weighted by Gasteiger charge is -2.43. The Morgan fingerprint density at radius 1 is 1.26 bits per heavy atom. The van der Waals surface area contributed by atoms with Gasteiger partial charge >= 0.3 is 0 Å². The minimum absolute atomic E-state index is 0.417. The minimum atomic E-state index is 0.417. The van der Waals surface area contributed by atoms with Gasteiger partial charge in [-0.2, -0.15) is 0 Å². The molecule has 3 rings (SSSR count). The molecule has 2 heteroatoms. The van der Waals surface area contributed by atoms with E-state index in [4.69, 9.17) is 5.73 Å². The summed E-state index contributed by atoms with van der Waals surface area (Å²) in [4.78, 5) is 2.70. The molecular formula is C17H26N2. The van der Waals surface area contributed by atoms with Gasteiger partial charge in [0.15, 0.2) is 0 Å². The largest absolute Gasteiger partial charge is 0.327 e. The van der Waals surface area contributed by atoms with Crippen molar-refractivity contribution in [2.24, 2.45) is 11.7 Å². The second-order valence-electron chi connectivity index (χ2n) is 6.22. The molecule has 2 nitrogen and oxygen atoms in total. The zero-order chi connectivity index (χ0) is 13.2. The highest BCUT2D eigenvalue weighted by molar-refractivity contribution is 5.32. The molecule has 0 spiro atoms. The van der Waals surface area contributed by atoms with E-state index in [1.54, 1.807) is 11.1 Å². The summed E-state index contributed by atoms with van der Waals surface area (Å²) in [6.45, 7) is 4.65. The van der Waals surface area contributed by atoms with Gasteiger partial charge in [0.05, 0.1) is 0 Å². The molecule has 1 aliphatic heterocycles. The summed E-state index contributed by atoms with van der Waals surface area (Å²) in [5.74, 6) is 0.683. The molecule has 2 aliphatic rings. The first-order chi connectivity index (χ1) is 9.29. The van der Waals surface area contributed by atoms with E-state index in [9.17, 15) is 0 Å². The summed E-state index contributed by atoms with van der Waals surface area (Å²) in [5, 5.41) is 0. The molecular weight excluding hydrogens is 232 g/mol. The number of benzene rings is 1.